The first-order valence-electron chi connectivity index (χ1n) is 5.99. The summed E-state index contributed by atoms with van der Waals surface area (Å²) < 4.78 is 0. The fraction of sp³-hybridized carbons (Fsp3) is 0.133. The number of aryl methyl sites for hydroxylation is 2. The molecule has 0 bridgehead atoms. The molecule has 0 amide bonds. The maximum absolute atomic E-state index is 11.0. The van der Waals surface area contributed by atoms with Crippen molar-refractivity contribution in [3.63, 3.8) is 0 Å². The Labute approximate surface area is 116 Å². The van der Waals surface area contributed by atoms with E-state index in [1.165, 1.54) is 0 Å². The third-order valence-electron chi connectivity index (χ3n) is 2.81. The van der Waals surface area contributed by atoms with Crippen molar-refractivity contribution in [2.75, 3.05) is 5.32 Å². The van der Waals surface area contributed by atoms with Crippen LogP contribution >= 0.6 is 0 Å². The Hall–Kier alpha value is -2.87. The summed E-state index contributed by atoms with van der Waals surface area (Å²) in [7, 11) is 0. The average Bonchev–Trinajstić information content (AvgIpc) is 2.37. The SMILES string of the molecule is Cc1cc(C#N)cc(Nc2ccc(C(=O)O)c(C)c2)n1. The van der Waals surface area contributed by atoms with E-state index in [-0.39, 0.29) is 5.56 Å². The number of anilines is 2. The summed E-state index contributed by atoms with van der Waals surface area (Å²) >= 11 is 0. The number of pyridine rings is 1. The molecule has 1 aromatic heterocycles. The Bertz CT molecular complexity index is 718. The molecule has 0 atom stereocenters. The van der Waals surface area contributed by atoms with Gasteiger partial charge in [0.2, 0.25) is 0 Å². The van der Waals surface area contributed by atoms with Crippen molar-refractivity contribution in [2.24, 2.45) is 0 Å². The molecule has 0 spiro atoms. The second kappa shape index (κ2) is 5.41. The predicted molar refractivity (Wildman–Crippen MR) is 75.1 cm³/mol. The highest BCUT2D eigenvalue weighted by molar-refractivity contribution is 5.90. The largest absolute Gasteiger partial charge is 0.478 e. The molecule has 5 heteroatoms. The van der Waals surface area contributed by atoms with Gasteiger partial charge in [-0.3, -0.25) is 0 Å². The first kappa shape index (κ1) is 13.6. The molecule has 1 aromatic carbocycles. The van der Waals surface area contributed by atoms with Crippen LogP contribution < -0.4 is 5.32 Å². The Morgan fingerprint density at radius 1 is 1.30 bits per heavy atom. The van der Waals surface area contributed by atoms with Crippen molar-refractivity contribution < 1.29 is 9.90 Å². The van der Waals surface area contributed by atoms with Gasteiger partial charge in [-0.2, -0.15) is 5.26 Å². The molecule has 0 fully saturated rings. The zero-order chi connectivity index (χ0) is 14.7. The number of carboxylic acids is 1. The molecule has 1 heterocycles. The number of nitriles is 1. The summed E-state index contributed by atoms with van der Waals surface area (Å²) in [4.78, 5) is 15.2. The molecule has 0 radical (unpaired) electrons. The standard InChI is InChI=1S/C15H13N3O2/c1-9-5-12(3-4-13(9)15(19)20)18-14-7-11(8-16)6-10(2)17-14/h3-7H,1-2H3,(H,17,18)(H,19,20). The summed E-state index contributed by atoms with van der Waals surface area (Å²) in [6, 6.07) is 10.4. The zero-order valence-electron chi connectivity index (χ0n) is 11.1. The number of carbonyl (C=O) groups is 1. The van der Waals surface area contributed by atoms with Crippen molar-refractivity contribution in [2.45, 2.75) is 13.8 Å². The van der Waals surface area contributed by atoms with Gasteiger partial charge in [0.15, 0.2) is 0 Å². The third kappa shape index (κ3) is 2.93. The molecular weight excluding hydrogens is 254 g/mol. The Morgan fingerprint density at radius 2 is 2.05 bits per heavy atom. The lowest BCUT2D eigenvalue weighted by Gasteiger charge is -2.09. The molecule has 0 aliphatic heterocycles. The van der Waals surface area contributed by atoms with Crippen LogP contribution in [0.5, 0.6) is 0 Å². The van der Waals surface area contributed by atoms with Crippen molar-refractivity contribution in [1.29, 1.82) is 5.26 Å². The minimum Gasteiger partial charge on any atom is -0.478 e. The fourth-order valence-electron chi connectivity index (χ4n) is 1.93. The first-order valence-corrected chi connectivity index (χ1v) is 5.99. The van der Waals surface area contributed by atoms with Gasteiger partial charge in [-0.1, -0.05) is 0 Å². The molecule has 0 unspecified atom stereocenters. The van der Waals surface area contributed by atoms with Gasteiger partial charge in [0.05, 0.1) is 17.2 Å². The third-order valence-corrected chi connectivity index (χ3v) is 2.81. The molecule has 5 nitrogen and oxygen atoms in total. The van der Waals surface area contributed by atoms with Gasteiger partial charge in [0, 0.05) is 11.4 Å². The van der Waals surface area contributed by atoms with Crippen LogP contribution in [0.3, 0.4) is 0 Å². The van der Waals surface area contributed by atoms with Crippen LogP contribution in [0.1, 0.15) is 27.2 Å². The number of aromatic carboxylic acids is 1. The fourth-order valence-corrected chi connectivity index (χ4v) is 1.93. The molecule has 2 aromatic rings. The zero-order valence-corrected chi connectivity index (χ0v) is 11.1. The molecule has 2 rings (SSSR count). The first-order chi connectivity index (χ1) is 9.49. The van der Waals surface area contributed by atoms with Gasteiger partial charge in [0.1, 0.15) is 5.82 Å². The van der Waals surface area contributed by atoms with Gasteiger partial charge in [-0.15, -0.1) is 0 Å². The normalized spacial score (nSPS) is 9.85. The average molecular weight is 267 g/mol. The molecule has 0 aliphatic carbocycles. The van der Waals surface area contributed by atoms with E-state index in [4.69, 9.17) is 10.4 Å². The van der Waals surface area contributed by atoms with Crippen LogP contribution in [-0.4, -0.2) is 16.1 Å². The van der Waals surface area contributed by atoms with E-state index in [2.05, 4.69) is 16.4 Å². The van der Waals surface area contributed by atoms with Crippen LogP contribution in [-0.2, 0) is 0 Å². The number of hydrogen-bond acceptors (Lipinski definition) is 4. The molecule has 0 saturated heterocycles. The van der Waals surface area contributed by atoms with Gasteiger partial charge < -0.3 is 10.4 Å². The van der Waals surface area contributed by atoms with Gasteiger partial charge in [0.25, 0.3) is 0 Å². The van der Waals surface area contributed by atoms with E-state index < -0.39 is 5.97 Å². The molecule has 2 N–H and O–H groups in total. The number of benzene rings is 1. The van der Waals surface area contributed by atoms with E-state index in [9.17, 15) is 4.79 Å². The highest BCUT2D eigenvalue weighted by Crippen LogP contribution is 2.20. The Morgan fingerprint density at radius 3 is 2.65 bits per heavy atom. The van der Waals surface area contributed by atoms with E-state index in [1.54, 1.807) is 37.3 Å². The Balaban J connectivity index is 2.31. The maximum Gasteiger partial charge on any atom is 0.335 e. The quantitative estimate of drug-likeness (QED) is 0.892. The second-order valence-electron chi connectivity index (χ2n) is 4.45. The number of carboxylic acid groups (broad SMARTS) is 1. The molecule has 0 aliphatic rings. The number of aromatic nitrogens is 1. The van der Waals surface area contributed by atoms with Crippen LogP contribution in [0.15, 0.2) is 30.3 Å². The maximum atomic E-state index is 11.0. The smallest absolute Gasteiger partial charge is 0.335 e. The van der Waals surface area contributed by atoms with Gasteiger partial charge in [-0.25, -0.2) is 9.78 Å². The number of nitrogens with one attached hydrogen (secondary N) is 1. The lowest BCUT2D eigenvalue weighted by Crippen LogP contribution is -2.01. The molecule has 100 valence electrons. The number of hydrogen-bond donors (Lipinski definition) is 2. The summed E-state index contributed by atoms with van der Waals surface area (Å²) in [6.45, 7) is 3.55. The predicted octanol–water partition coefficient (Wildman–Crippen LogP) is 3.01. The van der Waals surface area contributed by atoms with Crippen molar-refractivity contribution in [1.82, 2.24) is 4.98 Å². The highest BCUT2D eigenvalue weighted by Gasteiger charge is 2.08. The van der Waals surface area contributed by atoms with E-state index >= 15 is 0 Å². The van der Waals surface area contributed by atoms with E-state index in [1.807, 2.05) is 6.92 Å². The monoisotopic (exact) mass is 267 g/mol. The van der Waals surface area contributed by atoms with Crippen LogP contribution in [0.4, 0.5) is 11.5 Å². The minimum atomic E-state index is -0.950. The topological polar surface area (TPSA) is 86.0 Å². The second-order valence-corrected chi connectivity index (χ2v) is 4.45. The van der Waals surface area contributed by atoms with Crippen LogP contribution in [0.2, 0.25) is 0 Å². The summed E-state index contributed by atoms with van der Waals surface area (Å²) in [6.07, 6.45) is 0. The lowest BCUT2D eigenvalue weighted by atomic mass is 10.1. The van der Waals surface area contributed by atoms with Gasteiger partial charge in [-0.05, 0) is 49.7 Å². The van der Waals surface area contributed by atoms with E-state index in [0.29, 0.717) is 16.9 Å². The van der Waals surface area contributed by atoms with Crippen molar-refractivity contribution in [3.05, 3.63) is 52.7 Å². The molecule has 0 saturated carbocycles. The Kier molecular flexibility index (Phi) is 3.67. The molecular formula is C15H13N3O2. The van der Waals surface area contributed by atoms with Gasteiger partial charge >= 0.3 is 5.97 Å². The number of nitrogens with zero attached hydrogens (tertiary/aromatic N) is 2. The van der Waals surface area contributed by atoms with Crippen LogP contribution in [0, 0.1) is 25.2 Å². The molecule has 20 heavy (non-hydrogen) atoms. The van der Waals surface area contributed by atoms with Crippen molar-refractivity contribution in [3.8, 4) is 6.07 Å². The number of rotatable bonds is 3. The lowest BCUT2D eigenvalue weighted by molar-refractivity contribution is 0.0696. The minimum absolute atomic E-state index is 0.269. The summed E-state index contributed by atoms with van der Waals surface area (Å²) in [5.41, 5.74) is 2.93. The van der Waals surface area contributed by atoms with E-state index in [0.717, 1.165) is 11.4 Å². The summed E-state index contributed by atoms with van der Waals surface area (Å²) in [5, 5.41) is 21.0. The highest BCUT2D eigenvalue weighted by atomic mass is 16.4. The van der Waals surface area contributed by atoms with Crippen molar-refractivity contribution >= 4 is 17.5 Å². The van der Waals surface area contributed by atoms with Crippen LogP contribution in [0.25, 0.3) is 0 Å². The summed E-state index contributed by atoms with van der Waals surface area (Å²) in [5.74, 6) is -0.390.